The van der Waals surface area contributed by atoms with E-state index in [0.717, 1.165) is 28.6 Å². The number of carbonyl (C=O) groups excluding carboxylic acids is 1. The van der Waals surface area contributed by atoms with Crippen LogP contribution in [0, 0.1) is 6.92 Å². The first-order valence-electron chi connectivity index (χ1n) is 6.78. The molecule has 0 atom stereocenters. The van der Waals surface area contributed by atoms with Crippen LogP contribution in [-0.4, -0.2) is 21.9 Å². The number of carbonyl (C=O) groups is 1. The molecule has 1 aromatic heterocycles. The van der Waals surface area contributed by atoms with Gasteiger partial charge in [-0.1, -0.05) is 15.9 Å². The molecule has 1 heterocycles. The first-order chi connectivity index (χ1) is 10.1. The van der Waals surface area contributed by atoms with Gasteiger partial charge in [-0.25, -0.2) is 9.97 Å². The lowest BCUT2D eigenvalue weighted by Gasteiger charge is -2.07. The van der Waals surface area contributed by atoms with Crippen molar-refractivity contribution in [2.45, 2.75) is 25.8 Å². The minimum atomic E-state index is -0.108. The first-order valence-corrected chi connectivity index (χ1v) is 7.57. The summed E-state index contributed by atoms with van der Waals surface area (Å²) >= 11 is 3.46. The first kappa shape index (κ1) is 14.0. The Hall–Kier alpha value is -1.95. The van der Waals surface area contributed by atoms with Crippen LogP contribution in [0.25, 0.3) is 0 Å². The van der Waals surface area contributed by atoms with Crippen molar-refractivity contribution in [2.24, 2.45) is 0 Å². The molecule has 1 aliphatic carbocycles. The molecule has 6 heteroatoms. The minimum Gasteiger partial charge on any atom is -0.349 e. The number of anilines is 2. The van der Waals surface area contributed by atoms with Crippen LogP contribution in [0.2, 0.25) is 0 Å². The van der Waals surface area contributed by atoms with E-state index < -0.39 is 0 Å². The summed E-state index contributed by atoms with van der Waals surface area (Å²) < 4.78 is 1.06. The van der Waals surface area contributed by atoms with Gasteiger partial charge in [-0.15, -0.1) is 0 Å². The van der Waals surface area contributed by atoms with Gasteiger partial charge in [0, 0.05) is 28.6 Å². The second-order valence-corrected chi connectivity index (χ2v) is 5.99. The SMILES string of the molecule is Cc1cc(Nc2ncc(C(=O)NC3CC3)cn2)ccc1Br. The molecule has 1 aromatic carbocycles. The van der Waals surface area contributed by atoms with Crippen LogP contribution in [0.4, 0.5) is 11.6 Å². The average Bonchev–Trinajstić information content (AvgIpc) is 3.28. The third-order valence-corrected chi connectivity index (χ3v) is 4.13. The molecule has 2 aromatic rings. The Kier molecular flexibility index (Phi) is 3.88. The predicted molar refractivity (Wildman–Crippen MR) is 84.7 cm³/mol. The molecule has 0 aliphatic heterocycles. The number of halogens is 1. The molecule has 21 heavy (non-hydrogen) atoms. The van der Waals surface area contributed by atoms with Gasteiger partial charge in [-0.2, -0.15) is 0 Å². The molecule has 1 fully saturated rings. The van der Waals surface area contributed by atoms with E-state index in [1.165, 1.54) is 0 Å². The van der Waals surface area contributed by atoms with Crippen LogP contribution in [0.1, 0.15) is 28.8 Å². The van der Waals surface area contributed by atoms with E-state index in [9.17, 15) is 4.79 Å². The summed E-state index contributed by atoms with van der Waals surface area (Å²) in [4.78, 5) is 20.2. The van der Waals surface area contributed by atoms with Crippen molar-refractivity contribution < 1.29 is 4.79 Å². The Morgan fingerprint density at radius 2 is 2.00 bits per heavy atom. The fraction of sp³-hybridized carbons (Fsp3) is 0.267. The molecule has 1 aliphatic rings. The van der Waals surface area contributed by atoms with Crippen molar-refractivity contribution in [3.05, 3.63) is 46.2 Å². The third-order valence-electron chi connectivity index (χ3n) is 3.24. The van der Waals surface area contributed by atoms with Crippen molar-refractivity contribution in [3.63, 3.8) is 0 Å². The number of hydrogen-bond donors (Lipinski definition) is 2. The Labute approximate surface area is 131 Å². The molecule has 0 spiro atoms. The predicted octanol–water partition coefficient (Wildman–Crippen LogP) is 3.18. The third kappa shape index (κ3) is 3.58. The Morgan fingerprint density at radius 1 is 1.29 bits per heavy atom. The summed E-state index contributed by atoms with van der Waals surface area (Å²) in [6, 6.07) is 6.24. The number of rotatable bonds is 4. The van der Waals surface area contributed by atoms with E-state index in [-0.39, 0.29) is 5.91 Å². The maximum Gasteiger partial charge on any atom is 0.254 e. The molecule has 108 valence electrons. The zero-order chi connectivity index (χ0) is 14.8. The Balaban J connectivity index is 1.68. The summed E-state index contributed by atoms with van der Waals surface area (Å²) in [6.07, 6.45) is 5.21. The lowest BCUT2D eigenvalue weighted by Crippen LogP contribution is -2.25. The van der Waals surface area contributed by atoms with Gasteiger partial charge in [-0.05, 0) is 43.5 Å². The molecule has 0 unspecified atom stereocenters. The molecule has 0 saturated heterocycles. The van der Waals surface area contributed by atoms with Crippen LogP contribution in [0.3, 0.4) is 0 Å². The highest BCUT2D eigenvalue weighted by Gasteiger charge is 2.23. The Morgan fingerprint density at radius 3 is 2.62 bits per heavy atom. The van der Waals surface area contributed by atoms with Gasteiger partial charge >= 0.3 is 0 Å². The molecule has 2 N–H and O–H groups in total. The molecule has 1 saturated carbocycles. The van der Waals surface area contributed by atoms with Crippen LogP contribution in [0.15, 0.2) is 35.1 Å². The summed E-state index contributed by atoms with van der Waals surface area (Å²) in [6.45, 7) is 2.02. The van der Waals surface area contributed by atoms with Gasteiger partial charge in [0.25, 0.3) is 5.91 Å². The minimum absolute atomic E-state index is 0.108. The van der Waals surface area contributed by atoms with Gasteiger partial charge in [-0.3, -0.25) is 4.79 Å². The van der Waals surface area contributed by atoms with Gasteiger partial charge in [0.1, 0.15) is 0 Å². The highest BCUT2D eigenvalue weighted by molar-refractivity contribution is 9.10. The second kappa shape index (κ2) is 5.81. The van der Waals surface area contributed by atoms with Crippen LogP contribution in [-0.2, 0) is 0 Å². The zero-order valence-electron chi connectivity index (χ0n) is 11.6. The number of hydrogen-bond acceptors (Lipinski definition) is 4. The standard InChI is InChI=1S/C15H15BrN4O/c1-9-6-12(4-5-13(9)16)20-15-17-7-10(8-18-15)14(21)19-11-2-3-11/h4-8,11H,2-3H2,1H3,(H,19,21)(H,17,18,20). The van der Waals surface area contributed by atoms with Gasteiger partial charge < -0.3 is 10.6 Å². The highest BCUT2D eigenvalue weighted by Crippen LogP contribution is 2.22. The fourth-order valence-electron chi connectivity index (χ4n) is 1.86. The monoisotopic (exact) mass is 346 g/mol. The van der Waals surface area contributed by atoms with E-state index in [1.54, 1.807) is 12.4 Å². The van der Waals surface area contributed by atoms with Crippen molar-refractivity contribution >= 4 is 33.5 Å². The second-order valence-electron chi connectivity index (χ2n) is 5.13. The van der Waals surface area contributed by atoms with Crippen molar-refractivity contribution in [3.8, 4) is 0 Å². The summed E-state index contributed by atoms with van der Waals surface area (Å²) in [5.74, 6) is 0.364. The number of nitrogens with zero attached hydrogens (tertiary/aromatic N) is 2. The topological polar surface area (TPSA) is 66.9 Å². The average molecular weight is 347 g/mol. The summed E-state index contributed by atoms with van der Waals surface area (Å²) in [5.41, 5.74) is 2.52. The molecule has 5 nitrogen and oxygen atoms in total. The van der Waals surface area contributed by atoms with Crippen LogP contribution >= 0.6 is 15.9 Å². The maximum absolute atomic E-state index is 11.8. The number of nitrogens with one attached hydrogen (secondary N) is 2. The maximum atomic E-state index is 11.8. The molecule has 0 radical (unpaired) electrons. The molecule has 0 bridgehead atoms. The lowest BCUT2D eigenvalue weighted by molar-refractivity contribution is 0.0950. The van der Waals surface area contributed by atoms with Gasteiger partial charge in [0.2, 0.25) is 5.95 Å². The zero-order valence-corrected chi connectivity index (χ0v) is 13.1. The number of aromatic nitrogens is 2. The van der Waals surface area contributed by atoms with Gasteiger partial charge in [0.15, 0.2) is 0 Å². The largest absolute Gasteiger partial charge is 0.349 e. The van der Waals surface area contributed by atoms with E-state index in [1.807, 2.05) is 25.1 Å². The number of aryl methyl sites for hydroxylation is 1. The lowest BCUT2D eigenvalue weighted by atomic mass is 10.2. The normalized spacial score (nSPS) is 13.8. The van der Waals surface area contributed by atoms with Crippen molar-refractivity contribution in [1.29, 1.82) is 0 Å². The summed E-state index contributed by atoms with van der Waals surface area (Å²) in [7, 11) is 0. The molecule has 1 amide bonds. The van der Waals surface area contributed by atoms with Crippen LogP contribution in [0.5, 0.6) is 0 Å². The summed E-state index contributed by atoms with van der Waals surface area (Å²) in [5, 5.41) is 6.02. The van der Waals surface area contributed by atoms with E-state index in [2.05, 4.69) is 36.5 Å². The Bertz CT molecular complexity index is 668. The number of amides is 1. The fourth-order valence-corrected chi connectivity index (χ4v) is 2.10. The van der Waals surface area contributed by atoms with Crippen LogP contribution < -0.4 is 10.6 Å². The molecule has 3 rings (SSSR count). The van der Waals surface area contributed by atoms with Crippen molar-refractivity contribution in [1.82, 2.24) is 15.3 Å². The smallest absolute Gasteiger partial charge is 0.254 e. The van der Waals surface area contributed by atoms with E-state index in [0.29, 0.717) is 17.6 Å². The molecular weight excluding hydrogens is 332 g/mol. The quantitative estimate of drug-likeness (QED) is 0.892. The molecular formula is C15H15BrN4O. The number of benzene rings is 1. The van der Waals surface area contributed by atoms with Gasteiger partial charge in [0.05, 0.1) is 5.56 Å². The van der Waals surface area contributed by atoms with Crippen molar-refractivity contribution in [2.75, 3.05) is 5.32 Å². The highest BCUT2D eigenvalue weighted by atomic mass is 79.9. The van der Waals surface area contributed by atoms with E-state index in [4.69, 9.17) is 0 Å². The van der Waals surface area contributed by atoms with E-state index >= 15 is 0 Å².